The number of rotatable bonds is 5. The van der Waals surface area contributed by atoms with Gasteiger partial charge in [-0.3, -0.25) is 0 Å². The van der Waals surface area contributed by atoms with Crippen molar-refractivity contribution < 1.29 is 9.53 Å². The zero-order valence-corrected chi connectivity index (χ0v) is 15.3. The van der Waals surface area contributed by atoms with Crippen molar-refractivity contribution in [3.05, 3.63) is 30.6 Å². The number of benzene rings is 1. The molecule has 1 aromatic carbocycles. The molecule has 3 heterocycles. The molecule has 2 aliphatic rings. The summed E-state index contributed by atoms with van der Waals surface area (Å²) in [5, 5.41) is 17.0. The van der Waals surface area contributed by atoms with E-state index in [1.807, 2.05) is 24.3 Å². The Kier molecular flexibility index (Phi) is 5.59. The molecule has 9 nitrogen and oxygen atoms in total. The normalized spacial score (nSPS) is 21.3. The number of hydrogen-bond donors (Lipinski definition) is 2. The second kappa shape index (κ2) is 8.45. The van der Waals surface area contributed by atoms with E-state index in [0.717, 1.165) is 50.5 Å². The summed E-state index contributed by atoms with van der Waals surface area (Å²) in [6, 6.07) is 7.43. The predicted octanol–water partition coefficient (Wildman–Crippen LogP) is 1.43. The number of carbonyl (C=O) groups excluding carboxylic acids is 1. The van der Waals surface area contributed by atoms with E-state index in [0.29, 0.717) is 6.10 Å². The molecule has 27 heavy (non-hydrogen) atoms. The zero-order valence-electron chi connectivity index (χ0n) is 15.3. The first-order valence-corrected chi connectivity index (χ1v) is 9.51. The quantitative estimate of drug-likeness (QED) is 0.825. The fourth-order valence-electron chi connectivity index (χ4n) is 3.67. The SMILES string of the molecule is O=C(Nc1ccc(-n2cnnn2)cc1)NC1CCN(CC2CCCO2)CC1. The number of carbonyl (C=O) groups is 1. The molecule has 1 aromatic heterocycles. The highest BCUT2D eigenvalue weighted by atomic mass is 16.5. The topological polar surface area (TPSA) is 97.2 Å². The van der Waals surface area contributed by atoms with Gasteiger partial charge in [0.25, 0.3) is 0 Å². The van der Waals surface area contributed by atoms with Crippen LogP contribution < -0.4 is 10.6 Å². The molecule has 0 spiro atoms. The number of anilines is 1. The maximum Gasteiger partial charge on any atom is 0.319 e. The molecule has 4 rings (SSSR count). The molecule has 2 aliphatic heterocycles. The van der Waals surface area contributed by atoms with E-state index >= 15 is 0 Å². The number of hydrogen-bond acceptors (Lipinski definition) is 6. The highest BCUT2D eigenvalue weighted by Crippen LogP contribution is 2.17. The maximum absolute atomic E-state index is 12.3. The Bertz CT molecular complexity index is 721. The van der Waals surface area contributed by atoms with Crippen molar-refractivity contribution in [1.29, 1.82) is 0 Å². The summed E-state index contributed by atoms with van der Waals surface area (Å²) >= 11 is 0. The predicted molar refractivity (Wildman–Crippen MR) is 99.7 cm³/mol. The van der Waals surface area contributed by atoms with Crippen LogP contribution in [0.15, 0.2) is 30.6 Å². The van der Waals surface area contributed by atoms with Gasteiger partial charge in [0.05, 0.1) is 11.8 Å². The Hall–Kier alpha value is -2.52. The molecule has 0 bridgehead atoms. The van der Waals surface area contributed by atoms with Crippen LogP contribution in [0.1, 0.15) is 25.7 Å². The molecular weight excluding hydrogens is 346 g/mol. The smallest absolute Gasteiger partial charge is 0.319 e. The van der Waals surface area contributed by atoms with Crippen molar-refractivity contribution >= 4 is 11.7 Å². The lowest BCUT2D eigenvalue weighted by Gasteiger charge is -2.33. The van der Waals surface area contributed by atoms with Crippen molar-refractivity contribution in [2.75, 3.05) is 31.6 Å². The van der Waals surface area contributed by atoms with E-state index in [9.17, 15) is 4.79 Å². The summed E-state index contributed by atoms with van der Waals surface area (Å²) in [7, 11) is 0. The van der Waals surface area contributed by atoms with Gasteiger partial charge in [-0.05, 0) is 60.4 Å². The first-order chi connectivity index (χ1) is 13.3. The third kappa shape index (κ3) is 4.81. The molecular formula is C18H25N7O2. The fraction of sp³-hybridized carbons (Fsp3) is 0.556. The van der Waals surface area contributed by atoms with Crippen molar-refractivity contribution in [3.8, 4) is 5.69 Å². The first-order valence-electron chi connectivity index (χ1n) is 9.51. The third-order valence-electron chi connectivity index (χ3n) is 5.15. The maximum atomic E-state index is 12.3. The molecule has 144 valence electrons. The van der Waals surface area contributed by atoms with Crippen LogP contribution in [0.25, 0.3) is 5.69 Å². The van der Waals surface area contributed by atoms with Crippen LogP contribution in [0.2, 0.25) is 0 Å². The molecule has 9 heteroatoms. The molecule has 0 saturated carbocycles. The van der Waals surface area contributed by atoms with E-state index < -0.39 is 0 Å². The molecule has 1 atom stereocenters. The standard InChI is InChI=1S/C18H25N7O2/c26-18(20-14-3-5-16(6-4-14)25-13-19-22-23-25)21-15-7-9-24(10-8-15)12-17-2-1-11-27-17/h3-6,13,15,17H,1-2,7-12H2,(H2,20,21,26). The van der Waals surface area contributed by atoms with Crippen LogP contribution >= 0.6 is 0 Å². The number of nitrogens with zero attached hydrogens (tertiary/aromatic N) is 5. The van der Waals surface area contributed by atoms with Gasteiger partial charge in [0.2, 0.25) is 0 Å². The van der Waals surface area contributed by atoms with Crippen LogP contribution in [0.3, 0.4) is 0 Å². The fourth-order valence-corrected chi connectivity index (χ4v) is 3.67. The van der Waals surface area contributed by atoms with E-state index in [1.54, 1.807) is 4.68 Å². The minimum Gasteiger partial charge on any atom is -0.377 e. The van der Waals surface area contributed by atoms with Crippen molar-refractivity contribution in [2.45, 2.75) is 37.8 Å². The van der Waals surface area contributed by atoms with Gasteiger partial charge in [-0.1, -0.05) is 0 Å². The van der Waals surface area contributed by atoms with Crippen molar-refractivity contribution in [3.63, 3.8) is 0 Å². The van der Waals surface area contributed by atoms with Crippen LogP contribution in [0.4, 0.5) is 10.5 Å². The number of piperidine rings is 1. The van der Waals surface area contributed by atoms with Gasteiger partial charge in [0.1, 0.15) is 6.33 Å². The number of nitrogens with one attached hydrogen (secondary N) is 2. The average molecular weight is 371 g/mol. The summed E-state index contributed by atoms with van der Waals surface area (Å²) in [6.07, 6.45) is 6.22. The molecule has 2 N–H and O–H groups in total. The van der Waals surface area contributed by atoms with Crippen molar-refractivity contribution in [1.82, 2.24) is 30.4 Å². The largest absolute Gasteiger partial charge is 0.377 e. The van der Waals surface area contributed by atoms with Gasteiger partial charge in [0, 0.05) is 38.0 Å². The molecule has 0 aliphatic carbocycles. The summed E-state index contributed by atoms with van der Waals surface area (Å²) in [5.41, 5.74) is 1.57. The number of likely N-dealkylation sites (tertiary alicyclic amines) is 1. The van der Waals surface area contributed by atoms with E-state index in [4.69, 9.17) is 4.74 Å². The molecule has 2 amide bonds. The highest BCUT2D eigenvalue weighted by Gasteiger charge is 2.24. The van der Waals surface area contributed by atoms with E-state index in [2.05, 4.69) is 31.1 Å². The number of ether oxygens (including phenoxy) is 1. The molecule has 2 fully saturated rings. The van der Waals surface area contributed by atoms with Gasteiger partial charge in [0.15, 0.2) is 0 Å². The lowest BCUT2D eigenvalue weighted by Crippen LogP contribution is -2.47. The number of urea groups is 1. The monoisotopic (exact) mass is 371 g/mol. The Labute approximate surface area is 158 Å². The Morgan fingerprint density at radius 2 is 2.00 bits per heavy atom. The molecule has 0 radical (unpaired) electrons. The summed E-state index contributed by atoms with van der Waals surface area (Å²) in [4.78, 5) is 14.7. The van der Waals surface area contributed by atoms with Crippen LogP contribution in [0, 0.1) is 0 Å². The van der Waals surface area contributed by atoms with Crippen LogP contribution in [-0.2, 0) is 4.74 Å². The minimum atomic E-state index is -0.164. The third-order valence-corrected chi connectivity index (χ3v) is 5.15. The zero-order chi connectivity index (χ0) is 18.5. The Balaban J connectivity index is 1.20. The first kappa shape index (κ1) is 17.9. The Morgan fingerprint density at radius 1 is 1.19 bits per heavy atom. The second-order valence-corrected chi connectivity index (χ2v) is 7.11. The average Bonchev–Trinajstić information content (AvgIpc) is 3.38. The molecule has 1 unspecified atom stereocenters. The summed E-state index contributed by atoms with van der Waals surface area (Å²) in [6.45, 7) is 3.93. The minimum absolute atomic E-state index is 0.164. The highest BCUT2D eigenvalue weighted by molar-refractivity contribution is 5.89. The Morgan fingerprint density at radius 3 is 2.67 bits per heavy atom. The number of amides is 2. The van der Waals surface area contributed by atoms with E-state index in [-0.39, 0.29) is 12.1 Å². The van der Waals surface area contributed by atoms with Gasteiger partial charge >= 0.3 is 6.03 Å². The molecule has 2 aromatic rings. The van der Waals surface area contributed by atoms with Crippen LogP contribution in [0.5, 0.6) is 0 Å². The van der Waals surface area contributed by atoms with Gasteiger partial charge < -0.3 is 20.3 Å². The van der Waals surface area contributed by atoms with Crippen molar-refractivity contribution in [2.24, 2.45) is 0 Å². The van der Waals surface area contributed by atoms with E-state index in [1.165, 1.54) is 19.2 Å². The summed E-state index contributed by atoms with van der Waals surface area (Å²) in [5.74, 6) is 0. The second-order valence-electron chi connectivity index (χ2n) is 7.11. The van der Waals surface area contributed by atoms with Gasteiger partial charge in [-0.2, -0.15) is 0 Å². The molecule has 2 saturated heterocycles. The number of aromatic nitrogens is 4. The lowest BCUT2D eigenvalue weighted by atomic mass is 10.0. The summed E-state index contributed by atoms with van der Waals surface area (Å²) < 4.78 is 7.28. The van der Waals surface area contributed by atoms with Crippen LogP contribution in [-0.4, -0.2) is 69.5 Å². The van der Waals surface area contributed by atoms with Gasteiger partial charge in [-0.25, -0.2) is 9.48 Å². The number of tetrazole rings is 1. The van der Waals surface area contributed by atoms with Gasteiger partial charge in [-0.15, -0.1) is 5.10 Å². The lowest BCUT2D eigenvalue weighted by molar-refractivity contribution is 0.0633.